The van der Waals surface area contributed by atoms with Gasteiger partial charge in [0.2, 0.25) is 0 Å². The quantitative estimate of drug-likeness (QED) is 0.322. The van der Waals surface area contributed by atoms with Crippen LogP contribution in [0.4, 0.5) is 0 Å². The second kappa shape index (κ2) is 9.97. The molecular weight excluding hydrogens is 476 g/mol. The maximum atomic E-state index is 13.1. The number of methoxy groups -OCH3 is 1. The first-order chi connectivity index (χ1) is 17.9. The van der Waals surface area contributed by atoms with Crippen molar-refractivity contribution in [2.75, 3.05) is 13.7 Å². The fraction of sp³-hybridized carbons (Fsp3) is 0.250. The van der Waals surface area contributed by atoms with Gasteiger partial charge in [-0.05, 0) is 36.6 Å². The average molecular weight is 501 g/mol. The van der Waals surface area contributed by atoms with Gasteiger partial charge in [0, 0.05) is 19.2 Å². The SMILES string of the molecule is COc1cccc(CNC(=O)c2cc(C(=O)NCC3=CCC(C)(c4nn[nH]n4)C=C3)n3ncnc3n2)c1. The minimum absolute atomic E-state index is 0.0567. The summed E-state index contributed by atoms with van der Waals surface area (Å²) in [7, 11) is 1.58. The monoisotopic (exact) mass is 500 g/mol. The molecule has 0 fully saturated rings. The zero-order valence-corrected chi connectivity index (χ0v) is 20.2. The number of nitrogens with zero attached hydrogens (tertiary/aromatic N) is 7. The van der Waals surface area contributed by atoms with Crippen LogP contribution in [-0.4, -0.2) is 65.7 Å². The number of nitrogens with one attached hydrogen (secondary N) is 3. The number of fused-ring (bicyclic) bond motifs is 1. The number of hydrogen-bond donors (Lipinski definition) is 3. The summed E-state index contributed by atoms with van der Waals surface area (Å²) in [5.74, 6) is 0.579. The number of tetrazole rings is 1. The molecule has 1 unspecified atom stereocenters. The largest absolute Gasteiger partial charge is 0.497 e. The molecule has 4 aromatic rings. The van der Waals surface area contributed by atoms with Crippen LogP contribution in [0.3, 0.4) is 0 Å². The zero-order valence-electron chi connectivity index (χ0n) is 20.2. The lowest BCUT2D eigenvalue weighted by atomic mass is 9.81. The minimum atomic E-state index is -0.443. The van der Waals surface area contributed by atoms with Crippen LogP contribution in [0, 0.1) is 0 Å². The van der Waals surface area contributed by atoms with Gasteiger partial charge in [0.25, 0.3) is 17.6 Å². The van der Waals surface area contributed by atoms with Crippen molar-refractivity contribution in [1.82, 2.24) is 50.8 Å². The van der Waals surface area contributed by atoms with Crippen molar-refractivity contribution in [2.45, 2.75) is 25.3 Å². The first-order valence-corrected chi connectivity index (χ1v) is 11.5. The summed E-state index contributed by atoms with van der Waals surface area (Å²) in [6.07, 6.45) is 7.88. The van der Waals surface area contributed by atoms with Crippen LogP contribution in [0.2, 0.25) is 0 Å². The smallest absolute Gasteiger partial charge is 0.270 e. The molecule has 0 saturated heterocycles. The molecule has 13 heteroatoms. The Labute approximate surface area is 211 Å². The predicted octanol–water partition coefficient (Wildman–Crippen LogP) is 1.15. The predicted molar refractivity (Wildman–Crippen MR) is 131 cm³/mol. The lowest BCUT2D eigenvalue weighted by Crippen LogP contribution is -2.30. The van der Waals surface area contributed by atoms with Crippen LogP contribution in [-0.2, 0) is 12.0 Å². The summed E-state index contributed by atoms with van der Waals surface area (Å²) in [5, 5.41) is 24.0. The first kappa shape index (κ1) is 23.8. The molecule has 3 heterocycles. The van der Waals surface area contributed by atoms with Crippen LogP contribution >= 0.6 is 0 Å². The Morgan fingerprint density at radius 2 is 2.05 bits per heavy atom. The highest BCUT2D eigenvalue weighted by molar-refractivity contribution is 5.98. The van der Waals surface area contributed by atoms with Gasteiger partial charge in [0.15, 0.2) is 5.82 Å². The third kappa shape index (κ3) is 5.05. The van der Waals surface area contributed by atoms with Crippen molar-refractivity contribution in [2.24, 2.45) is 0 Å². The number of hydrogen-bond acceptors (Lipinski definition) is 9. The van der Waals surface area contributed by atoms with E-state index < -0.39 is 11.8 Å². The van der Waals surface area contributed by atoms with Gasteiger partial charge >= 0.3 is 0 Å². The van der Waals surface area contributed by atoms with Gasteiger partial charge in [-0.1, -0.05) is 35.6 Å². The second-order valence-corrected chi connectivity index (χ2v) is 8.68. The van der Waals surface area contributed by atoms with Gasteiger partial charge in [-0.2, -0.15) is 19.8 Å². The molecule has 1 aromatic carbocycles. The number of carbonyl (C=O) groups excluding carboxylic acids is 2. The molecule has 5 rings (SSSR count). The molecule has 1 aliphatic carbocycles. The normalized spacial score (nSPS) is 16.9. The molecule has 1 aliphatic rings. The van der Waals surface area contributed by atoms with E-state index in [4.69, 9.17) is 4.74 Å². The van der Waals surface area contributed by atoms with Gasteiger partial charge in [0.05, 0.1) is 12.5 Å². The van der Waals surface area contributed by atoms with Crippen LogP contribution in [0.15, 0.2) is 60.5 Å². The summed E-state index contributed by atoms with van der Waals surface area (Å²) in [6, 6.07) is 8.76. The lowest BCUT2D eigenvalue weighted by Gasteiger charge is -2.24. The molecule has 3 aromatic heterocycles. The van der Waals surface area contributed by atoms with E-state index in [0.29, 0.717) is 18.0 Å². The van der Waals surface area contributed by atoms with E-state index in [2.05, 4.69) is 46.3 Å². The highest BCUT2D eigenvalue weighted by Crippen LogP contribution is 2.30. The molecule has 37 heavy (non-hydrogen) atoms. The summed E-state index contributed by atoms with van der Waals surface area (Å²) in [5.41, 5.74) is 1.62. The highest BCUT2D eigenvalue weighted by Gasteiger charge is 2.29. The van der Waals surface area contributed by atoms with Gasteiger partial charge in [0.1, 0.15) is 23.5 Å². The second-order valence-electron chi connectivity index (χ2n) is 8.68. The van der Waals surface area contributed by atoms with E-state index >= 15 is 0 Å². The Hall–Kier alpha value is -4.94. The number of carbonyl (C=O) groups is 2. The molecule has 1 atom stereocenters. The number of amides is 2. The number of rotatable bonds is 8. The average Bonchev–Trinajstić information content (AvgIpc) is 3.64. The standard InChI is InChI=1S/C24H24N10O3/c1-24(22-30-32-33-31-22)8-6-15(7-9-24)12-26-21(36)19-11-18(29-23-27-14-28-34(19)23)20(35)25-13-16-4-3-5-17(10-16)37-2/h3-8,10-11,14H,9,12-13H2,1-2H3,(H,25,35)(H,26,36)(H,30,31,32,33). The Balaban J connectivity index is 1.27. The number of ether oxygens (including phenoxy) is 1. The topological polar surface area (TPSA) is 165 Å². The Bertz CT molecular complexity index is 1510. The molecule has 3 N–H and O–H groups in total. The zero-order chi connectivity index (χ0) is 25.8. The molecule has 0 saturated carbocycles. The maximum absolute atomic E-state index is 13.1. The van der Waals surface area contributed by atoms with E-state index in [0.717, 1.165) is 11.1 Å². The first-order valence-electron chi connectivity index (χ1n) is 11.5. The molecule has 0 bridgehead atoms. The molecule has 188 valence electrons. The number of benzene rings is 1. The van der Waals surface area contributed by atoms with E-state index in [1.54, 1.807) is 7.11 Å². The number of aromatic amines is 1. The molecule has 13 nitrogen and oxygen atoms in total. The molecule has 0 aliphatic heterocycles. The Kier molecular flexibility index (Phi) is 6.41. The van der Waals surface area contributed by atoms with Crippen molar-refractivity contribution in [3.8, 4) is 5.75 Å². The van der Waals surface area contributed by atoms with Crippen LogP contribution < -0.4 is 15.4 Å². The number of aromatic nitrogens is 8. The van der Waals surface area contributed by atoms with E-state index in [1.807, 2.05) is 49.4 Å². The van der Waals surface area contributed by atoms with Crippen molar-refractivity contribution in [3.05, 3.63) is 83.2 Å². The summed E-state index contributed by atoms with van der Waals surface area (Å²) in [4.78, 5) is 34.2. The van der Waals surface area contributed by atoms with Crippen molar-refractivity contribution in [1.29, 1.82) is 0 Å². The van der Waals surface area contributed by atoms with Gasteiger partial charge in [-0.25, -0.2) is 4.98 Å². The van der Waals surface area contributed by atoms with Gasteiger partial charge in [-0.3, -0.25) is 9.59 Å². The maximum Gasteiger partial charge on any atom is 0.270 e. The third-order valence-corrected chi connectivity index (χ3v) is 6.07. The fourth-order valence-electron chi connectivity index (χ4n) is 3.89. The molecule has 0 spiro atoms. The van der Waals surface area contributed by atoms with E-state index in [1.165, 1.54) is 16.9 Å². The van der Waals surface area contributed by atoms with Crippen LogP contribution in [0.5, 0.6) is 5.75 Å². The minimum Gasteiger partial charge on any atom is -0.497 e. The van der Waals surface area contributed by atoms with Crippen molar-refractivity contribution < 1.29 is 14.3 Å². The summed E-state index contributed by atoms with van der Waals surface area (Å²) in [6.45, 7) is 2.56. The summed E-state index contributed by atoms with van der Waals surface area (Å²) >= 11 is 0. The van der Waals surface area contributed by atoms with E-state index in [9.17, 15) is 9.59 Å². The van der Waals surface area contributed by atoms with Crippen molar-refractivity contribution >= 4 is 17.6 Å². The lowest BCUT2D eigenvalue weighted by molar-refractivity contribution is 0.0945. The van der Waals surface area contributed by atoms with E-state index in [-0.39, 0.29) is 35.7 Å². The fourth-order valence-corrected chi connectivity index (χ4v) is 3.89. The highest BCUT2D eigenvalue weighted by atomic mass is 16.5. The van der Waals surface area contributed by atoms with Crippen LogP contribution in [0.1, 0.15) is 45.7 Å². The molecule has 0 radical (unpaired) electrons. The third-order valence-electron chi connectivity index (χ3n) is 6.07. The number of H-pyrrole nitrogens is 1. The van der Waals surface area contributed by atoms with Crippen molar-refractivity contribution in [3.63, 3.8) is 0 Å². The Morgan fingerprint density at radius 1 is 1.19 bits per heavy atom. The Morgan fingerprint density at radius 3 is 2.81 bits per heavy atom. The van der Waals surface area contributed by atoms with Gasteiger partial charge < -0.3 is 15.4 Å². The van der Waals surface area contributed by atoms with Crippen LogP contribution in [0.25, 0.3) is 5.78 Å². The van der Waals surface area contributed by atoms with Gasteiger partial charge in [-0.15, -0.1) is 10.2 Å². The molecular formula is C24H24N10O3. The molecule has 2 amide bonds. The number of allylic oxidation sites excluding steroid dienone is 2. The summed E-state index contributed by atoms with van der Waals surface area (Å²) < 4.78 is 6.51.